The van der Waals surface area contributed by atoms with Crippen molar-refractivity contribution in [1.29, 1.82) is 0 Å². The quantitative estimate of drug-likeness (QED) is 0.817. The Hall–Kier alpha value is -0.630. The third-order valence-corrected chi connectivity index (χ3v) is 4.60. The van der Waals surface area contributed by atoms with Crippen LogP contribution >= 0.6 is 15.9 Å². The van der Waals surface area contributed by atoms with Crippen LogP contribution in [0.1, 0.15) is 6.42 Å². The first kappa shape index (κ1) is 12.8. The summed E-state index contributed by atoms with van der Waals surface area (Å²) in [6.45, 7) is 0.999. The van der Waals surface area contributed by atoms with Gasteiger partial charge in [-0.15, -0.1) is 0 Å². The van der Waals surface area contributed by atoms with Gasteiger partial charge in [0.15, 0.2) is 0 Å². The standard InChI is InChI=1S/C10H13BrN2O3S/c11-7-1-2-10(9(12)5-7)17(14,15)13-8-3-4-16-6-8/h1-2,5,8,13H,3-4,6,12H2. The Labute approximate surface area is 109 Å². The van der Waals surface area contributed by atoms with Crippen LogP contribution in [-0.4, -0.2) is 27.7 Å². The fraction of sp³-hybridized carbons (Fsp3) is 0.400. The van der Waals surface area contributed by atoms with E-state index in [9.17, 15) is 8.42 Å². The molecule has 5 nitrogen and oxygen atoms in total. The van der Waals surface area contributed by atoms with Crippen molar-refractivity contribution in [3.05, 3.63) is 22.7 Å². The van der Waals surface area contributed by atoms with E-state index in [2.05, 4.69) is 20.7 Å². The number of anilines is 1. The molecule has 0 spiro atoms. The average Bonchev–Trinajstić information content (AvgIpc) is 2.68. The van der Waals surface area contributed by atoms with Crippen LogP contribution in [0.25, 0.3) is 0 Å². The number of sulfonamides is 1. The monoisotopic (exact) mass is 320 g/mol. The van der Waals surface area contributed by atoms with Crippen molar-refractivity contribution in [2.45, 2.75) is 17.4 Å². The highest BCUT2D eigenvalue weighted by Gasteiger charge is 2.24. The van der Waals surface area contributed by atoms with Crippen LogP contribution in [0.3, 0.4) is 0 Å². The van der Waals surface area contributed by atoms with E-state index in [1.54, 1.807) is 12.1 Å². The normalized spacial score (nSPS) is 20.6. The second-order valence-corrected chi connectivity index (χ2v) is 6.46. The van der Waals surface area contributed by atoms with Gasteiger partial charge in [0.2, 0.25) is 10.0 Å². The number of halogens is 1. The third-order valence-electron chi connectivity index (χ3n) is 2.51. The Kier molecular flexibility index (Phi) is 3.72. The second-order valence-electron chi connectivity index (χ2n) is 3.86. The van der Waals surface area contributed by atoms with Gasteiger partial charge in [0, 0.05) is 17.1 Å². The minimum Gasteiger partial charge on any atom is -0.398 e. The molecular weight excluding hydrogens is 308 g/mol. The van der Waals surface area contributed by atoms with Crippen LogP contribution < -0.4 is 10.5 Å². The third kappa shape index (κ3) is 2.98. The summed E-state index contributed by atoms with van der Waals surface area (Å²) in [4.78, 5) is 0.104. The molecule has 94 valence electrons. The van der Waals surface area contributed by atoms with Crippen LogP contribution in [-0.2, 0) is 14.8 Å². The number of nitrogen functional groups attached to an aromatic ring is 1. The average molecular weight is 321 g/mol. The molecular formula is C10H13BrN2O3S. The van der Waals surface area contributed by atoms with E-state index >= 15 is 0 Å². The Morgan fingerprint density at radius 1 is 1.47 bits per heavy atom. The van der Waals surface area contributed by atoms with Gasteiger partial charge < -0.3 is 10.5 Å². The zero-order valence-corrected chi connectivity index (χ0v) is 11.4. The summed E-state index contributed by atoms with van der Waals surface area (Å²) in [5.41, 5.74) is 5.93. The fourth-order valence-corrected chi connectivity index (χ4v) is 3.42. The molecule has 1 aromatic carbocycles. The van der Waals surface area contributed by atoms with Crippen molar-refractivity contribution in [3.8, 4) is 0 Å². The Morgan fingerprint density at radius 2 is 2.24 bits per heavy atom. The van der Waals surface area contributed by atoms with Crippen molar-refractivity contribution in [3.63, 3.8) is 0 Å². The topological polar surface area (TPSA) is 81.4 Å². The molecule has 0 bridgehead atoms. The first-order valence-corrected chi connectivity index (χ1v) is 7.42. The van der Waals surface area contributed by atoms with E-state index in [1.807, 2.05) is 0 Å². The highest BCUT2D eigenvalue weighted by atomic mass is 79.9. The molecule has 1 atom stereocenters. The molecule has 17 heavy (non-hydrogen) atoms. The largest absolute Gasteiger partial charge is 0.398 e. The zero-order chi connectivity index (χ0) is 12.5. The Morgan fingerprint density at radius 3 is 2.82 bits per heavy atom. The molecule has 0 saturated carbocycles. The molecule has 1 aliphatic heterocycles. The molecule has 1 heterocycles. The predicted octanol–water partition coefficient (Wildman–Crippen LogP) is 1.10. The fourth-order valence-electron chi connectivity index (χ4n) is 1.67. The van der Waals surface area contributed by atoms with Gasteiger partial charge in [-0.2, -0.15) is 0 Å². The maximum Gasteiger partial charge on any atom is 0.242 e. The summed E-state index contributed by atoms with van der Waals surface area (Å²) < 4.78 is 32.6. The number of hydrogen-bond acceptors (Lipinski definition) is 4. The van der Waals surface area contributed by atoms with E-state index in [4.69, 9.17) is 10.5 Å². The first-order valence-electron chi connectivity index (χ1n) is 5.14. The molecule has 1 unspecified atom stereocenters. The van der Waals surface area contributed by atoms with E-state index in [0.29, 0.717) is 19.6 Å². The lowest BCUT2D eigenvalue weighted by molar-refractivity contribution is 0.192. The molecule has 2 rings (SSSR count). The second kappa shape index (κ2) is 4.93. The van der Waals surface area contributed by atoms with Gasteiger partial charge in [-0.1, -0.05) is 15.9 Å². The summed E-state index contributed by atoms with van der Waals surface area (Å²) in [6, 6.07) is 4.54. The van der Waals surface area contributed by atoms with E-state index < -0.39 is 10.0 Å². The molecule has 7 heteroatoms. The SMILES string of the molecule is Nc1cc(Br)ccc1S(=O)(=O)NC1CCOC1. The summed E-state index contributed by atoms with van der Waals surface area (Å²) >= 11 is 3.24. The van der Waals surface area contributed by atoms with Gasteiger partial charge in [-0.05, 0) is 24.6 Å². The van der Waals surface area contributed by atoms with Crippen molar-refractivity contribution in [2.75, 3.05) is 18.9 Å². The molecule has 1 fully saturated rings. The van der Waals surface area contributed by atoms with Crippen LogP contribution in [0.15, 0.2) is 27.6 Å². The van der Waals surface area contributed by atoms with Crippen LogP contribution in [0.2, 0.25) is 0 Å². The minimum atomic E-state index is -3.57. The van der Waals surface area contributed by atoms with Crippen LogP contribution in [0.4, 0.5) is 5.69 Å². The Balaban J connectivity index is 2.24. The summed E-state index contributed by atoms with van der Waals surface area (Å²) in [7, 11) is -3.57. The van der Waals surface area contributed by atoms with Gasteiger partial charge in [0.1, 0.15) is 4.90 Å². The summed E-state index contributed by atoms with van der Waals surface area (Å²) in [6.07, 6.45) is 0.690. The minimum absolute atomic E-state index is 0.104. The lowest BCUT2D eigenvalue weighted by Gasteiger charge is -2.13. The smallest absolute Gasteiger partial charge is 0.242 e. The number of nitrogens with one attached hydrogen (secondary N) is 1. The zero-order valence-electron chi connectivity index (χ0n) is 9.02. The van der Waals surface area contributed by atoms with Gasteiger partial charge in [0.05, 0.1) is 12.3 Å². The number of rotatable bonds is 3. The van der Waals surface area contributed by atoms with Crippen molar-refractivity contribution in [1.82, 2.24) is 4.72 Å². The van der Waals surface area contributed by atoms with Gasteiger partial charge in [-0.3, -0.25) is 0 Å². The van der Waals surface area contributed by atoms with Gasteiger partial charge in [0.25, 0.3) is 0 Å². The summed E-state index contributed by atoms with van der Waals surface area (Å²) in [5, 5.41) is 0. The Bertz CT molecular complexity index is 512. The number of ether oxygens (including phenoxy) is 1. The lowest BCUT2D eigenvalue weighted by atomic mass is 10.3. The highest BCUT2D eigenvalue weighted by Crippen LogP contribution is 2.23. The van der Waals surface area contributed by atoms with Crippen molar-refractivity contribution >= 4 is 31.6 Å². The molecule has 1 aromatic rings. The molecule has 1 saturated heterocycles. The highest BCUT2D eigenvalue weighted by molar-refractivity contribution is 9.10. The van der Waals surface area contributed by atoms with Crippen LogP contribution in [0.5, 0.6) is 0 Å². The molecule has 0 amide bonds. The van der Waals surface area contributed by atoms with E-state index in [-0.39, 0.29) is 16.6 Å². The molecule has 1 aliphatic rings. The maximum absolute atomic E-state index is 12.1. The van der Waals surface area contributed by atoms with E-state index in [1.165, 1.54) is 6.07 Å². The van der Waals surface area contributed by atoms with Crippen molar-refractivity contribution < 1.29 is 13.2 Å². The summed E-state index contributed by atoms with van der Waals surface area (Å²) in [5.74, 6) is 0. The number of hydrogen-bond donors (Lipinski definition) is 2. The van der Waals surface area contributed by atoms with Crippen LogP contribution in [0, 0.1) is 0 Å². The number of benzene rings is 1. The first-order chi connectivity index (χ1) is 7.99. The molecule has 0 aliphatic carbocycles. The molecule has 0 aromatic heterocycles. The lowest BCUT2D eigenvalue weighted by Crippen LogP contribution is -2.35. The molecule has 3 N–H and O–H groups in total. The molecule has 0 radical (unpaired) electrons. The van der Waals surface area contributed by atoms with E-state index in [0.717, 1.165) is 4.47 Å². The van der Waals surface area contributed by atoms with Gasteiger partial charge >= 0.3 is 0 Å². The number of nitrogens with two attached hydrogens (primary N) is 1. The van der Waals surface area contributed by atoms with Crippen molar-refractivity contribution in [2.24, 2.45) is 0 Å². The van der Waals surface area contributed by atoms with Gasteiger partial charge in [-0.25, -0.2) is 13.1 Å². The maximum atomic E-state index is 12.1. The predicted molar refractivity (Wildman–Crippen MR) is 68.1 cm³/mol.